The molecule has 0 radical (unpaired) electrons. The van der Waals surface area contributed by atoms with Crippen LogP contribution in [0.1, 0.15) is 12.1 Å². The zero-order valence-electron chi connectivity index (χ0n) is 6.86. The van der Waals surface area contributed by atoms with Crippen molar-refractivity contribution < 1.29 is 13.2 Å². The highest BCUT2D eigenvalue weighted by Gasteiger charge is 2.25. The van der Waals surface area contributed by atoms with Gasteiger partial charge in [0.25, 0.3) is 0 Å². The van der Waals surface area contributed by atoms with E-state index in [9.17, 15) is 13.2 Å². The molecule has 0 amide bonds. The maximum Gasteiger partial charge on any atom is 0.390 e. The Kier molecular flexibility index (Phi) is 3.30. The monoisotopic (exact) mass is 193 g/mol. The summed E-state index contributed by atoms with van der Waals surface area (Å²) in [5.41, 5.74) is 0.780. The standard InChI is InChI=1S/C7H10F3N3/c8-7(9,10)1-2-11-3-6-4-12-5-13-6/h4-5,11H,1-3H2,(H,12,13). The minimum atomic E-state index is -4.08. The van der Waals surface area contributed by atoms with Gasteiger partial charge in [-0.1, -0.05) is 0 Å². The average Bonchev–Trinajstić information content (AvgIpc) is 2.48. The molecule has 3 nitrogen and oxygen atoms in total. The predicted molar refractivity (Wildman–Crippen MR) is 41.0 cm³/mol. The number of hydrogen-bond donors (Lipinski definition) is 2. The number of rotatable bonds is 4. The number of aromatic nitrogens is 2. The van der Waals surface area contributed by atoms with Gasteiger partial charge in [0.1, 0.15) is 0 Å². The molecular weight excluding hydrogens is 183 g/mol. The Morgan fingerprint density at radius 2 is 2.23 bits per heavy atom. The summed E-state index contributed by atoms with van der Waals surface area (Å²) in [4.78, 5) is 6.51. The van der Waals surface area contributed by atoms with E-state index in [1.165, 1.54) is 6.33 Å². The largest absolute Gasteiger partial charge is 0.390 e. The van der Waals surface area contributed by atoms with Crippen LogP contribution in [0.4, 0.5) is 13.2 Å². The van der Waals surface area contributed by atoms with Crippen LogP contribution in [-0.2, 0) is 6.54 Å². The Hall–Kier alpha value is -1.04. The lowest BCUT2D eigenvalue weighted by Gasteiger charge is -2.06. The van der Waals surface area contributed by atoms with E-state index in [2.05, 4.69) is 15.3 Å². The van der Waals surface area contributed by atoms with E-state index >= 15 is 0 Å². The Morgan fingerprint density at radius 3 is 2.77 bits per heavy atom. The Bertz CT molecular complexity index is 230. The van der Waals surface area contributed by atoms with Crippen molar-refractivity contribution in [2.45, 2.75) is 19.1 Å². The number of imidazole rings is 1. The van der Waals surface area contributed by atoms with Crippen LogP contribution in [0.2, 0.25) is 0 Å². The minimum absolute atomic E-state index is 0.0669. The van der Waals surface area contributed by atoms with E-state index in [1.807, 2.05) is 0 Å². The molecule has 6 heteroatoms. The fraction of sp³-hybridized carbons (Fsp3) is 0.571. The zero-order chi connectivity index (χ0) is 9.73. The first-order chi connectivity index (χ1) is 6.08. The molecule has 1 aromatic heterocycles. The summed E-state index contributed by atoms with van der Waals surface area (Å²) in [7, 11) is 0. The van der Waals surface area contributed by atoms with Crippen molar-refractivity contribution in [2.24, 2.45) is 0 Å². The summed E-state index contributed by atoms with van der Waals surface area (Å²) in [6.07, 6.45) is -1.83. The van der Waals surface area contributed by atoms with E-state index < -0.39 is 12.6 Å². The molecule has 0 saturated carbocycles. The van der Waals surface area contributed by atoms with Crippen LogP contribution < -0.4 is 5.32 Å². The molecule has 0 aliphatic rings. The summed E-state index contributed by atoms with van der Waals surface area (Å²) in [5, 5.41) is 2.65. The molecule has 0 aromatic carbocycles. The van der Waals surface area contributed by atoms with Gasteiger partial charge in [0, 0.05) is 25.0 Å². The maximum atomic E-state index is 11.7. The Morgan fingerprint density at radius 1 is 1.46 bits per heavy atom. The lowest BCUT2D eigenvalue weighted by atomic mass is 10.4. The number of alkyl halides is 3. The third kappa shape index (κ3) is 4.51. The molecule has 0 unspecified atom stereocenters. The van der Waals surface area contributed by atoms with E-state index in [0.717, 1.165) is 5.69 Å². The van der Waals surface area contributed by atoms with Crippen molar-refractivity contribution in [1.29, 1.82) is 0 Å². The second-order valence-electron chi connectivity index (χ2n) is 2.62. The molecule has 2 N–H and O–H groups in total. The number of nitrogens with one attached hydrogen (secondary N) is 2. The van der Waals surface area contributed by atoms with Crippen LogP contribution in [0.15, 0.2) is 12.5 Å². The Balaban J connectivity index is 2.09. The van der Waals surface area contributed by atoms with Gasteiger partial charge >= 0.3 is 6.18 Å². The highest BCUT2D eigenvalue weighted by atomic mass is 19.4. The first-order valence-corrected chi connectivity index (χ1v) is 3.82. The molecular formula is C7H10F3N3. The van der Waals surface area contributed by atoms with E-state index in [4.69, 9.17) is 0 Å². The lowest BCUT2D eigenvalue weighted by Crippen LogP contribution is -2.21. The van der Waals surface area contributed by atoms with Gasteiger partial charge < -0.3 is 10.3 Å². The van der Waals surface area contributed by atoms with Gasteiger partial charge in [-0.3, -0.25) is 0 Å². The third-order valence-electron chi connectivity index (χ3n) is 1.46. The molecule has 74 valence electrons. The second kappa shape index (κ2) is 4.27. The average molecular weight is 193 g/mol. The topological polar surface area (TPSA) is 40.7 Å². The fourth-order valence-corrected chi connectivity index (χ4v) is 0.835. The first-order valence-electron chi connectivity index (χ1n) is 3.82. The van der Waals surface area contributed by atoms with Crippen LogP contribution >= 0.6 is 0 Å². The van der Waals surface area contributed by atoms with Gasteiger partial charge in [0.05, 0.1) is 12.7 Å². The number of aromatic amines is 1. The summed E-state index contributed by atoms with van der Waals surface area (Å²) < 4.78 is 35.0. The van der Waals surface area contributed by atoms with Crippen LogP contribution in [0.25, 0.3) is 0 Å². The molecule has 1 rings (SSSR count). The van der Waals surface area contributed by atoms with Gasteiger partial charge in [-0.25, -0.2) is 4.98 Å². The second-order valence-corrected chi connectivity index (χ2v) is 2.62. The van der Waals surface area contributed by atoms with Crippen molar-refractivity contribution in [3.8, 4) is 0 Å². The first kappa shape index (κ1) is 10.0. The highest BCUT2D eigenvalue weighted by molar-refractivity contribution is 4.92. The molecule has 1 aromatic rings. The number of H-pyrrole nitrogens is 1. The smallest absolute Gasteiger partial charge is 0.347 e. The lowest BCUT2D eigenvalue weighted by molar-refractivity contribution is -0.133. The molecule has 0 spiro atoms. The molecule has 0 aliphatic carbocycles. The normalized spacial score (nSPS) is 11.9. The SMILES string of the molecule is FC(F)(F)CCNCc1cnc[nH]1. The van der Waals surface area contributed by atoms with Gasteiger partial charge in [-0.15, -0.1) is 0 Å². The maximum absolute atomic E-state index is 11.7. The van der Waals surface area contributed by atoms with E-state index in [-0.39, 0.29) is 6.54 Å². The molecule has 0 bridgehead atoms. The molecule has 0 atom stereocenters. The van der Waals surface area contributed by atoms with Gasteiger partial charge in [0.15, 0.2) is 0 Å². The van der Waals surface area contributed by atoms with Crippen LogP contribution in [-0.4, -0.2) is 22.7 Å². The zero-order valence-corrected chi connectivity index (χ0v) is 6.86. The molecule has 1 heterocycles. The minimum Gasteiger partial charge on any atom is -0.347 e. The van der Waals surface area contributed by atoms with Gasteiger partial charge in [-0.2, -0.15) is 13.2 Å². The van der Waals surface area contributed by atoms with Crippen LogP contribution in [0, 0.1) is 0 Å². The van der Waals surface area contributed by atoms with Crippen molar-refractivity contribution in [1.82, 2.24) is 15.3 Å². The summed E-state index contributed by atoms with van der Waals surface area (Å²) in [6, 6.07) is 0. The summed E-state index contributed by atoms with van der Waals surface area (Å²) in [6.45, 7) is 0.318. The van der Waals surface area contributed by atoms with Crippen LogP contribution in [0.3, 0.4) is 0 Å². The van der Waals surface area contributed by atoms with Crippen molar-refractivity contribution in [3.63, 3.8) is 0 Å². The molecule has 0 saturated heterocycles. The number of nitrogens with zero attached hydrogens (tertiary/aromatic N) is 1. The summed E-state index contributed by atoms with van der Waals surface area (Å²) in [5.74, 6) is 0. The summed E-state index contributed by atoms with van der Waals surface area (Å²) >= 11 is 0. The highest BCUT2D eigenvalue weighted by Crippen LogP contribution is 2.18. The fourth-order valence-electron chi connectivity index (χ4n) is 0.835. The number of halogens is 3. The van der Waals surface area contributed by atoms with Crippen molar-refractivity contribution in [3.05, 3.63) is 18.2 Å². The van der Waals surface area contributed by atoms with E-state index in [0.29, 0.717) is 6.54 Å². The van der Waals surface area contributed by atoms with Gasteiger partial charge in [0.2, 0.25) is 0 Å². The third-order valence-corrected chi connectivity index (χ3v) is 1.46. The molecule has 0 fully saturated rings. The molecule has 0 aliphatic heterocycles. The number of hydrogen-bond acceptors (Lipinski definition) is 2. The van der Waals surface area contributed by atoms with Crippen LogP contribution in [0.5, 0.6) is 0 Å². The predicted octanol–water partition coefficient (Wildman–Crippen LogP) is 1.45. The quantitative estimate of drug-likeness (QED) is 0.710. The van der Waals surface area contributed by atoms with Crippen molar-refractivity contribution in [2.75, 3.05) is 6.54 Å². The van der Waals surface area contributed by atoms with E-state index in [1.54, 1.807) is 6.20 Å². The Labute approximate surface area is 73.4 Å². The van der Waals surface area contributed by atoms with Crippen molar-refractivity contribution >= 4 is 0 Å². The van der Waals surface area contributed by atoms with Gasteiger partial charge in [-0.05, 0) is 0 Å². The molecule has 13 heavy (non-hydrogen) atoms.